The van der Waals surface area contributed by atoms with Gasteiger partial charge in [0.1, 0.15) is 5.82 Å². The first-order valence-electron chi connectivity index (χ1n) is 7.88. The molecule has 0 unspecified atom stereocenters. The third-order valence-corrected chi connectivity index (χ3v) is 4.78. The second kappa shape index (κ2) is 6.18. The van der Waals surface area contributed by atoms with E-state index in [1.807, 2.05) is 4.90 Å². The molecule has 21 heavy (non-hydrogen) atoms. The molecule has 2 aliphatic rings. The Labute approximate surface area is 124 Å². The predicted octanol–water partition coefficient (Wildman–Crippen LogP) is 3.00. The van der Waals surface area contributed by atoms with E-state index in [4.69, 9.17) is 5.73 Å². The molecule has 3 rings (SSSR count). The van der Waals surface area contributed by atoms with Crippen LogP contribution in [0.5, 0.6) is 0 Å². The molecule has 0 bridgehead atoms. The number of nitrogens with two attached hydrogens (primary N) is 1. The molecule has 5 heteroatoms. The Kier molecular flexibility index (Phi) is 4.29. The maximum Gasteiger partial charge on any atom is 0.151 e. The van der Waals surface area contributed by atoms with Crippen LogP contribution < -0.4 is 10.6 Å². The third-order valence-electron chi connectivity index (χ3n) is 4.78. The van der Waals surface area contributed by atoms with Crippen LogP contribution in [0.2, 0.25) is 0 Å². The van der Waals surface area contributed by atoms with E-state index >= 15 is 0 Å². The number of benzene rings is 1. The van der Waals surface area contributed by atoms with Gasteiger partial charge in [-0.25, -0.2) is 8.78 Å². The average molecular weight is 295 g/mol. The van der Waals surface area contributed by atoms with Crippen molar-refractivity contribution >= 4 is 11.4 Å². The van der Waals surface area contributed by atoms with Crippen molar-refractivity contribution in [1.29, 1.82) is 0 Å². The van der Waals surface area contributed by atoms with Crippen LogP contribution in [-0.2, 0) is 0 Å². The fourth-order valence-electron chi connectivity index (χ4n) is 3.59. The summed E-state index contributed by atoms with van der Waals surface area (Å²) < 4.78 is 27.0. The summed E-state index contributed by atoms with van der Waals surface area (Å²) in [7, 11) is 0. The topological polar surface area (TPSA) is 32.5 Å². The van der Waals surface area contributed by atoms with Crippen LogP contribution >= 0.6 is 0 Å². The van der Waals surface area contributed by atoms with Gasteiger partial charge in [0.05, 0.1) is 11.4 Å². The van der Waals surface area contributed by atoms with E-state index in [2.05, 4.69) is 4.90 Å². The zero-order chi connectivity index (χ0) is 14.8. The zero-order valence-corrected chi connectivity index (χ0v) is 12.3. The summed E-state index contributed by atoms with van der Waals surface area (Å²) in [4.78, 5) is 4.60. The number of anilines is 2. The number of hydrogen-bond acceptors (Lipinski definition) is 3. The average Bonchev–Trinajstić information content (AvgIpc) is 2.52. The van der Waals surface area contributed by atoms with Crippen LogP contribution in [0.25, 0.3) is 0 Å². The molecule has 0 atom stereocenters. The second-order valence-electron chi connectivity index (χ2n) is 6.14. The van der Waals surface area contributed by atoms with Crippen LogP contribution in [0.1, 0.15) is 32.1 Å². The molecule has 2 saturated heterocycles. The number of likely N-dealkylation sites (tertiary alicyclic amines) is 1. The zero-order valence-electron chi connectivity index (χ0n) is 12.3. The molecule has 0 aromatic heterocycles. The number of piperidine rings is 2. The van der Waals surface area contributed by atoms with Crippen molar-refractivity contribution in [3.05, 3.63) is 23.8 Å². The van der Waals surface area contributed by atoms with E-state index in [0.29, 0.717) is 11.7 Å². The minimum atomic E-state index is -0.664. The predicted molar refractivity (Wildman–Crippen MR) is 81.4 cm³/mol. The van der Waals surface area contributed by atoms with Crippen LogP contribution in [0, 0.1) is 11.6 Å². The number of halogens is 2. The Balaban J connectivity index is 1.65. The van der Waals surface area contributed by atoms with Gasteiger partial charge in [0.15, 0.2) is 5.82 Å². The molecule has 0 radical (unpaired) electrons. The Morgan fingerprint density at radius 1 is 0.952 bits per heavy atom. The standard InChI is InChI=1S/C16H23F2N3/c17-12-10-14(18)16(19)15(11-12)21-8-4-13(5-9-21)20-6-2-1-3-7-20/h10-11,13H,1-9,19H2. The lowest BCUT2D eigenvalue weighted by Crippen LogP contribution is -2.46. The summed E-state index contributed by atoms with van der Waals surface area (Å²) in [6, 6.07) is 2.81. The van der Waals surface area contributed by atoms with Gasteiger partial charge in [0, 0.05) is 25.2 Å². The highest BCUT2D eigenvalue weighted by atomic mass is 19.1. The Morgan fingerprint density at radius 3 is 2.29 bits per heavy atom. The lowest BCUT2D eigenvalue weighted by molar-refractivity contribution is 0.141. The van der Waals surface area contributed by atoms with Crippen LogP contribution in [-0.4, -0.2) is 37.1 Å². The molecule has 0 amide bonds. The number of nitrogen functional groups attached to an aromatic ring is 1. The summed E-state index contributed by atoms with van der Waals surface area (Å²) in [5.74, 6) is -1.22. The van der Waals surface area contributed by atoms with E-state index in [9.17, 15) is 8.78 Å². The molecule has 2 fully saturated rings. The second-order valence-corrected chi connectivity index (χ2v) is 6.14. The van der Waals surface area contributed by atoms with Gasteiger partial charge in [-0.2, -0.15) is 0 Å². The van der Waals surface area contributed by atoms with Gasteiger partial charge >= 0.3 is 0 Å². The van der Waals surface area contributed by atoms with E-state index < -0.39 is 11.6 Å². The molecule has 0 aliphatic carbocycles. The van der Waals surface area contributed by atoms with Crippen molar-refractivity contribution in [3.63, 3.8) is 0 Å². The molecule has 1 aromatic carbocycles. The monoisotopic (exact) mass is 295 g/mol. The fraction of sp³-hybridized carbons (Fsp3) is 0.625. The van der Waals surface area contributed by atoms with Gasteiger partial charge in [-0.3, -0.25) is 0 Å². The van der Waals surface area contributed by atoms with Crippen LogP contribution in [0.15, 0.2) is 12.1 Å². The first-order valence-corrected chi connectivity index (χ1v) is 7.88. The molecule has 1 aromatic rings. The normalized spacial score (nSPS) is 21.7. The van der Waals surface area contributed by atoms with E-state index in [-0.39, 0.29) is 5.69 Å². The van der Waals surface area contributed by atoms with E-state index in [1.165, 1.54) is 38.4 Å². The summed E-state index contributed by atoms with van der Waals surface area (Å²) >= 11 is 0. The minimum absolute atomic E-state index is 0.0628. The highest BCUT2D eigenvalue weighted by molar-refractivity contribution is 5.68. The highest BCUT2D eigenvalue weighted by Crippen LogP contribution is 2.31. The van der Waals surface area contributed by atoms with Crippen molar-refractivity contribution in [2.45, 2.75) is 38.1 Å². The van der Waals surface area contributed by atoms with Crippen molar-refractivity contribution in [3.8, 4) is 0 Å². The van der Waals surface area contributed by atoms with Gasteiger partial charge in [0.25, 0.3) is 0 Å². The smallest absolute Gasteiger partial charge is 0.151 e. The third kappa shape index (κ3) is 3.12. The van der Waals surface area contributed by atoms with E-state index in [0.717, 1.165) is 32.0 Å². The number of rotatable bonds is 2. The van der Waals surface area contributed by atoms with Crippen molar-refractivity contribution < 1.29 is 8.78 Å². The lowest BCUT2D eigenvalue weighted by Gasteiger charge is -2.41. The molecular weight excluding hydrogens is 272 g/mol. The van der Waals surface area contributed by atoms with Gasteiger partial charge < -0.3 is 15.5 Å². The van der Waals surface area contributed by atoms with Gasteiger partial charge in [-0.1, -0.05) is 6.42 Å². The maximum atomic E-state index is 13.6. The molecule has 0 spiro atoms. The summed E-state index contributed by atoms with van der Waals surface area (Å²) in [6.45, 7) is 4.02. The SMILES string of the molecule is Nc1c(F)cc(F)cc1N1CCC(N2CCCCC2)CC1. The molecular formula is C16H23F2N3. The number of nitrogens with zero attached hydrogens (tertiary/aromatic N) is 2. The maximum absolute atomic E-state index is 13.6. The molecule has 0 saturated carbocycles. The number of hydrogen-bond donors (Lipinski definition) is 1. The first-order chi connectivity index (χ1) is 10.1. The van der Waals surface area contributed by atoms with Crippen molar-refractivity contribution in [1.82, 2.24) is 4.90 Å². The van der Waals surface area contributed by atoms with Crippen LogP contribution in [0.3, 0.4) is 0 Å². The molecule has 116 valence electrons. The first kappa shape index (κ1) is 14.6. The largest absolute Gasteiger partial charge is 0.395 e. The molecule has 2 heterocycles. The summed E-state index contributed by atoms with van der Waals surface area (Å²) in [5, 5.41) is 0. The summed E-state index contributed by atoms with van der Waals surface area (Å²) in [5.41, 5.74) is 6.33. The lowest BCUT2D eigenvalue weighted by atomic mass is 9.99. The fourth-order valence-corrected chi connectivity index (χ4v) is 3.59. The molecule has 3 nitrogen and oxygen atoms in total. The summed E-state index contributed by atoms with van der Waals surface area (Å²) in [6.07, 6.45) is 6.01. The molecule has 2 N–H and O–H groups in total. The quantitative estimate of drug-likeness (QED) is 0.851. The van der Waals surface area contributed by atoms with Crippen LogP contribution in [0.4, 0.5) is 20.2 Å². The van der Waals surface area contributed by atoms with Gasteiger partial charge in [0.2, 0.25) is 0 Å². The van der Waals surface area contributed by atoms with Gasteiger partial charge in [-0.15, -0.1) is 0 Å². The van der Waals surface area contributed by atoms with E-state index in [1.54, 1.807) is 0 Å². The Bertz CT molecular complexity index is 493. The Morgan fingerprint density at radius 2 is 1.62 bits per heavy atom. The minimum Gasteiger partial charge on any atom is -0.395 e. The van der Waals surface area contributed by atoms with Crippen molar-refractivity contribution in [2.75, 3.05) is 36.8 Å². The van der Waals surface area contributed by atoms with Crippen molar-refractivity contribution in [2.24, 2.45) is 0 Å². The van der Waals surface area contributed by atoms with Gasteiger partial charge in [-0.05, 0) is 44.8 Å². The Hall–Kier alpha value is -1.36. The molecule has 2 aliphatic heterocycles. The highest BCUT2D eigenvalue weighted by Gasteiger charge is 2.27.